The maximum Gasteiger partial charge on any atom is 0.246 e. The topological polar surface area (TPSA) is 106 Å². The molecule has 2 heterocycles. The number of carbonyl (C=O) groups is 1. The molecule has 0 saturated carbocycles. The van der Waals surface area contributed by atoms with E-state index < -0.39 is 10.0 Å². The Balaban J connectivity index is 1.34. The number of hydrogen-bond acceptors (Lipinski definition) is 7. The highest BCUT2D eigenvalue weighted by Gasteiger charge is 2.33. The molecule has 4 rings (SSSR count). The van der Waals surface area contributed by atoms with Gasteiger partial charge in [-0.25, -0.2) is 8.42 Å². The first-order valence-electron chi connectivity index (χ1n) is 10.8. The summed E-state index contributed by atoms with van der Waals surface area (Å²) in [5.74, 6) is 1.05. The number of benzene rings is 2. The van der Waals surface area contributed by atoms with E-state index in [1.165, 1.54) is 23.5 Å². The highest BCUT2D eigenvalue weighted by Crippen LogP contribution is 2.27. The molecule has 3 aromatic rings. The molecule has 0 bridgehead atoms. The molecule has 2 aromatic carbocycles. The number of aromatic nitrogens is 2. The minimum Gasteiger partial charge on any atom is -0.497 e. The molecule has 0 aliphatic carbocycles. The normalized spacial score (nSPS) is 15.3. The Kier molecular flexibility index (Phi) is 7.34. The molecule has 1 amide bonds. The van der Waals surface area contributed by atoms with E-state index >= 15 is 0 Å². The van der Waals surface area contributed by atoms with Gasteiger partial charge in [-0.3, -0.25) is 4.79 Å². The van der Waals surface area contributed by atoms with Gasteiger partial charge in [0.1, 0.15) is 5.75 Å². The van der Waals surface area contributed by atoms with Gasteiger partial charge < -0.3 is 14.2 Å². The van der Waals surface area contributed by atoms with Gasteiger partial charge in [0.25, 0.3) is 0 Å². The summed E-state index contributed by atoms with van der Waals surface area (Å²) < 4.78 is 38.6. The summed E-state index contributed by atoms with van der Waals surface area (Å²) in [7, 11) is -0.399. The van der Waals surface area contributed by atoms with Crippen molar-refractivity contribution in [2.75, 3.05) is 27.2 Å². The summed E-state index contributed by atoms with van der Waals surface area (Å²) in [6.07, 6.45) is 0.900. The lowest BCUT2D eigenvalue weighted by Crippen LogP contribution is -2.43. The van der Waals surface area contributed by atoms with Crippen LogP contribution in [0.2, 0.25) is 0 Å². The van der Waals surface area contributed by atoms with Crippen LogP contribution in [0.4, 0.5) is 0 Å². The zero-order chi connectivity index (χ0) is 24.3. The van der Waals surface area contributed by atoms with Crippen LogP contribution in [0, 0.1) is 5.92 Å². The molecular formula is C23H25BrN4O5S. The van der Waals surface area contributed by atoms with E-state index in [0.717, 1.165) is 10.0 Å². The van der Waals surface area contributed by atoms with Gasteiger partial charge in [-0.1, -0.05) is 33.2 Å². The number of piperidine rings is 1. The number of ether oxygens (including phenoxy) is 1. The number of nitrogens with zero attached hydrogens (tertiary/aromatic N) is 4. The largest absolute Gasteiger partial charge is 0.497 e. The molecule has 1 aliphatic rings. The average molecular weight is 549 g/mol. The molecule has 180 valence electrons. The van der Waals surface area contributed by atoms with Gasteiger partial charge in [0.2, 0.25) is 27.6 Å². The summed E-state index contributed by atoms with van der Waals surface area (Å²) in [6.45, 7) is 0.753. The molecule has 0 radical (unpaired) electrons. The van der Waals surface area contributed by atoms with Gasteiger partial charge in [-0.2, -0.15) is 9.29 Å². The minimum atomic E-state index is -3.62. The van der Waals surface area contributed by atoms with Gasteiger partial charge in [0, 0.05) is 36.1 Å². The molecule has 1 fully saturated rings. The second-order valence-electron chi connectivity index (χ2n) is 8.07. The van der Waals surface area contributed by atoms with Crippen LogP contribution >= 0.6 is 15.9 Å². The van der Waals surface area contributed by atoms with Crippen molar-refractivity contribution in [2.24, 2.45) is 5.92 Å². The number of hydrogen-bond donors (Lipinski definition) is 0. The maximum absolute atomic E-state index is 13.0. The standard InChI is InChI=1S/C23H25BrN4O5S/c1-27(15-21-25-22(26-33-21)17-4-3-5-18(24)14-17)23(29)16-10-12-28(13-11-16)34(30,31)20-8-6-19(32-2)7-9-20/h3-9,14,16H,10-13,15H2,1-2H3. The van der Waals surface area contributed by atoms with Crippen LogP contribution < -0.4 is 4.74 Å². The Bertz CT molecular complexity index is 1250. The number of sulfonamides is 1. The third-order valence-corrected chi connectivity index (χ3v) is 8.21. The first-order chi connectivity index (χ1) is 16.3. The Morgan fingerprint density at radius 2 is 1.91 bits per heavy atom. The van der Waals surface area contributed by atoms with Gasteiger partial charge in [-0.15, -0.1) is 0 Å². The molecule has 1 aromatic heterocycles. The molecule has 9 nitrogen and oxygen atoms in total. The molecule has 0 N–H and O–H groups in total. The van der Waals surface area contributed by atoms with E-state index in [0.29, 0.717) is 30.3 Å². The average Bonchev–Trinajstić information content (AvgIpc) is 3.32. The lowest BCUT2D eigenvalue weighted by Gasteiger charge is -2.32. The lowest BCUT2D eigenvalue weighted by atomic mass is 9.97. The third-order valence-electron chi connectivity index (χ3n) is 5.80. The molecule has 1 saturated heterocycles. The summed E-state index contributed by atoms with van der Waals surface area (Å²) in [5.41, 5.74) is 0.809. The predicted octanol–water partition coefficient (Wildman–Crippen LogP) is 3.57. The lowest BCUT2D eigenvalue weighted by molar-refractivity contribution is -0.136. The summed E-state index contributed by atoms with van der Waals surface area (Å²) >= 11 is 3.42. The SMILES string of the molecule is COc1ccc(S(=O)(=O)N2CCC(C(=O)N(C)Cc3nc(-c4cccc(Br)c4)no3)CC2)cc1. The van der Waals surface area contributed by atoms with Crippen LogP contribution in [0.25, 0.3) is 11.4 Å². The summed E-state index contributed by atoms with van der Waals surface area (Å²) in [4.78, 5) is 19.1. The van der Waals surface area contributed by atoms with Crippen LogP contribution in [0.1, 0.15) is 18.7 Å². The zero-order valence-electron chi connectivity index (χ0n) is 18.8. The molecule has 0 atom stereocenters. The molecule has 0 spiro atoms. The zero-order valence-corrected chi connectivity index (χ0v) is 21.3. The van der Waals surface area contributed by atoms with E-state index in [1.807, 2.05) is 24.3 Å². The van der Waals surface area contributed by atoms with Gasteiger partial charge >= 0.3 is 0 Å². The summed E-state index contributed by atoms with van der Waals surface area (Å²) in [6, 6.07) is 13.9. The molecular weight excluding hydrogens is 524 g/mol. The third kappa shape index (κ3) is 5.31. The fraction of sp³-hybridized carbons (Fsp3) is 0.348. The van der Waals surface area contributed by atoms with Crippen molar-refractivity contribution in [2.45, 2.75) is 24.3 Å². The highest BCUT2D eigenvalue weighted by atomic mass is 79.9. The fourth-order valence-corrected chi connectivity index (χ4v) is 5.77. The smallest absolute Gasteiger partial charge is 0.246 e. The van der Waals surface area contributed by atoms with Crippen molar-refractivity contribution in [1.82, 2.24) is 19.3 Å². The molecule has 1 aliphatic heterocycles. The molecule has 0 unspecified atom stereocenters. The Hall–Kier alpha value is -2.76. The number of halogens is 1. The quantitative estimate of drug-likeness (QED) is 0.444. The summed E-state index contributed by atoms with van der Waals surface area (Å²) in [5, 5.41) is 4.00. The monoisotopic (exact) mass is 548 g/mol. The number of carbonyl (C=O) groups excluding carboxylic acids is 1. The predicted molar refractivity (Wildman–Crippen MR) is 128 cm³/mol. The number of amides is 1. The number of methoxy groups -OCH3 is 1. The highest BCUT2D eigenvalue weighted by molar-refractivity contribution is 9.10. The number of rotatable bonds is 7. The van der Waals surface area contributed by atoms with E-state index in [9.17, 15) is 13.2 Å². The fourth-order valence-electron chi connectivity index (χ4n) is 3.90. The van der Waals surface area contributed by atoms with Crippen molar-refractivity contribution in [1.29, 1.82) is 0 Å². The second-order valence-corrected chi connectivity index (χ2v) is 10.9. The first-order valence-corrected chi connectivity index (χ1v) is 13.0. The molecule has 11 heteroatoms. The van der Waals surface area contributed by atoms with Crippen LogP contribution in [-0.4, -0.2) is 60.9 Å². The van der Waals surface area contributed by atoms with Gasteiger partial charge in [-0.05, 0) is 49.2 Å². The van der Waals surface area contributed by atoms with Crippen molar-refractivity contribution >= 4 is 31.9 Å². The second kappa shape index (κ2) is 10.2. The van der Waals surface area contributed by atoms with Gasteiger partial charge in [0.05, 0.1) is 18.6 Å². The van der Waals surface area contributed by atoms with Crippen LogP contribution in [0.5, 0.6) is 5.75 Å². The van der Waals surface area contributed by atoms with E-state index in [1.54, 1.807) is 24.1 Å². The van der Waals surface area contributed by atoms with E-state index in [4.69, 9.17) is 9.26 Å². The Morgan fingerprint density at radius 3 is 2.56 bits per heavy atom. The Labute approximate surface area is 206 Å². The van der Waals surface area contributed by atoms with Crippen molar-refractivity contribution in [3.05, 3.63) is 58.9 Å². The van der Waals surface area contributed by atoms with Crippen molar-refractivity contribution < 1.29 is 22.5 Å². The van der Waals surface area contributed by atoms with Crippen LogP contribution in [0.15, 0.2) is 62.4 Å². The van der Waals surface area contributed by atoms with E-state index in [-0.39, 0.29) is 36.4 Å². The van der Waals surface area contributed by atoms with Crippen LogP contribution in [-0.2, 0) is 21.4 Å². The minimum absolute atomic E-state index is 0.0660. The van der Waals surface area contributed by atoms with Crippen molar-refractivity contribution in [3.63, 3.8) is 0 Å². The molecule has 34 heavy (non-hydrogen) atoms. The van der Waals surface area contributed by atoms with E-state index in [2.05, 4.69) is 26.1 Å². The van der Waals surface area contributed by atoms with Gasteiger partial charge in [0.15, 0.2) is 0 Å². The maximum atomic E-state index is 13.0. The first kappa shape index (κ1) is 24.4. The van der Waals surface area contributed by atoms with Crippen LogP contribution in [0.3, 0.4) is 0 Å². The van der Waals surface area contributed by atoms with Crippen molar-refractivity contribution in [3.8, 4) is 17.1 Å². The Morgan fingerprint density at radius 1 is 1.21 bits per heavy atom.